The summed E-state index contributed by atoms with van der Waals surface area (Å²) in [6, 6.07) is 6.10. The first-order chi connectivity index (χ1) is 9.61. The van der Waals surface area contributed by atoms with Crippen LogP contribution in [0.5, 0.6) is 0 Å². The third-order valence-electron chi connectivity index (χ3n) is 4.25. The second-order valence-corrected chi connectivity index (χ2v) is 5.56. The highest BCUT2D eigenvalue weighted by molar-refractivity contribution is 6.08. The topological polar surface area (TPSA) is 33.2 Å². The highest BCUT2D eigenvalue weighted by Crippen LogP contribution is 2.29. The van der Waals surface area contributed by atoms with E-state index in [1.165, 1.54) is 0 Å². The fraction of sp³-hybridized carbons (Fsp3) is 0.412. The predicted molar refractivity (Wildman–Crippen MR) is 81.1 cm³/mol. The van der Waals surface area contributed by atoms with Gasteiger partial charge in [-0.1, -0.05) is 25.1 Å². The van der Waals surface area contributed by atoms with Crippen LogP contribution in [0, 0.1) is 6.92 Å². The Kier molecular flexibility index (Phi) is 3.30. The van der Waals surface area contributed by atoms with Crippen molar-refractivity contribution in [3.63, 3.8) is 0 Å². The monoisotopic (exact) mass is 268 g/mol. The number of fused-ring (bicyclic) bond motifs is 2. The van der Waals surface area contributed by atoms with Gasteiger partial charge >= 0.3 is 0 Å². The zero-order valence-corrected chi connectivity index (χ0v) is 12.4. The van der Waals surface area contributed by atoms with E-state index >= 15 is 0 Å². The van der Waals surface area contributed by atoms with Crippen LogP contribution >= 0.6 is 0 Å². The lowest BCUT2D eigenvalue weighted by Gasteiger charge is -2.29. The molecule has 3 rings (SSSR count). The largest absolute Gasteiger partial charge is 0.299 e. The van der Waals surface area contributed by atoms with Crippen molar-refractivity contribution in [2.24, 2.45) is 0 Å². The maximum Gasteiger partial charge on any atom is 0.160 e. The van der Waals surface area contributed by atoms with Gasteiger partial charge in [-0.2, -0.15) is 0 Å². The van der Waals surface area contributed by atoms with Crippen molar-refractivity contribution in [1.29, 1.82) is 0 Å². The Morgan fingerprint density at radius 2 is 2.20 bits per heavy atom. The predicted octanol–water partition coefficient (Wildman–Crippen LogP) is 3.12. The summed E-state index contributed by atoms with van der Waals surface area (Å²) in [5.74, 6) is 0.150. The highest BCUT2D eigenvalue weighted by Gasteiger charge is 2.23. The standard InChI is InChI=1S/C17H20N2O/c1-4-19-9-8-15-14(10-19)16(12(3)20)13-7-5-6-11(2)17(13)18-15/h5-7H,4,8-10H2,1-3H3. The normalized spacial score (nSPS) is 15.3. The second kappa shape index (κ2) is 4.98. The van der Waals surface area contributed by atoms with Crippen LogP contribution in [0.2, 0.25) is 0 Å². The van der Waals surface area contributed by atoms with Gasteiger partial charge in [-0.15, -0.1) is 0 Å². The molecule has 3 heteroatoms. The summed E-state index contributed by atoms with van der Waals surface area (Å²) in [5, 5.41) is 1.01. The number of aromatic nitrogens is 1. The Hall–Kier alpha value is -1.74. The van der Waals surface area contributed by atoms with Crippen LogP contribution < -0.4 is 0 Å². The van der Waals surface area contributed by atoms with Crippen LogP contribution in [-0.2, 0) is 13.0 Å². The van der Waals surface area contributed by atoms with Gasteiger partial charge in [0.25, 0.3) is 0 Å². The Balaban J connectivity index is 2.32. The molecular weight excluding hydrogens is 248 g/mol. The number of carbonyl (C=O) groups excluding carboxylic acids is 1. The molecule has 0 aliphatic carbocycles. The Bertz CT molecular complexity index is 691. The van der Waals surface area contributed by atoms with Gasteiger partial charge in [-0.25, -0.2) is 0 Å². The summed E-state index contributed by atoms with van der Waals surface area (Å²) in [5.41, 5.74) is 5.27. The highest BCUT2D eigenvalue weighted by atomic mass is 16.1. The minimum absolute atomic E-state index is 0.150. The Labute approximate surface area is 119 Å². The fourth-order valence-corrected chi connectivity index (χ4v) is 3.13. The van der Waals surface area contributed by atoms with Crippen molar-refractivity contribution in [2.75, 3.05) is 13.1 Å². The van der Waals surface area contributed by atoms with Crippen LogP contribution in [0.25, 0.3) is 10.9 Å². The van der Waals surface area contributed by atoms with Crippen LogP contribution in [0.3, 0.4) is 0 Å². The lowest BCUT2D eigenvalue weighted by atomic mass is 9.93. The first-order valence-electron chi connectivity index (χ1n) is 7.26. The number of hydrogen-bond donors (Lipinski definition) is 0. The van der Waals surface area contributed by atoms with Gasteiger partial charge in [0, 0.05) is 36.2 Å². The molecule has 2 aromatic rings. The maximum atomic E-state index is 12.2. The van der Waals surface area contributed by atoms with E-state index in [0.29, 0.717) is 0 Å². The van der Waals surface area contributed by atoms with Crippen molar-refractivity contribution >= 4 is 16.7 Å². The van der Waals surface area contributed by atoms with Gasteiger partial charge in [-0.05, 0) is 31.5 Å². The molecule has 0 saturated carbocycles. The number of rotatable bonds is 2. The SMILES string of the molecule is CCN1CCc2nc3c(C)cccc3c(C(C)=O)c2C1. The first-order valence-corrected chi connectivity index (χ1v) is 7.26. The van der Waals surface area contributed by atoms with Crippen molar-refractivity contribution in [1.82, 2.24) is 9.88 Å². The number of ketones is 1. The zero-order valence-electron chi connectivity index (χ0n) is 12.4. The summed E-state index contributed by atoms with van der Waals surface area (Å²) < 4.78 is 0. The first kappa shape index (κ1) is 13.3. The van der Waals surface area contributed by atoms with Gasteiger partial charge in [0.2, 0.25) is 0 Å². The second-order valence-electron chi connectivity index (χ2n) is 5.56. The summed E-state index contributed by atoms with van der Waals surface area (Å²) in [6.45, 7) is 8.79. The lowest BCUT2D eigenvalue weighted by Crippen LogP contribution is -2.32. The van der Waals surface area contributed by atoms with E-state index in [9.17, 15) is 4.79 Å². The van der Waals surface area contributed by atoms with E-state index in [1.807, 2.05) is 12.1 Å². The molecule has 0 saturated heterocycles. The van der Waals surface area contributed by atoms with Crippen molar-refractivity contribution in [3.05, 3.63) is 40.6 Å². The minimum atomic E-state index is 0.150. The molecule has 0 spiro atoms. The molecule has 0 fully saturated rings. The number of carbonyl (C=O) groups is 1. The van der Waals surface area contributed by atoms with E-state index < -0.39 is 0 Å². The van der Waals surface area contributed by atoms with E-state index in [-0.39, 0.29) is 5.78 Å². The van der Waals surface area contributed by atoms with Crippen molar-refractivity contribution in [2.45, 2.75) is 33.7 Å². The average Bonchev–Trinajstić information content (AvgIpc) is 2.44. The molecule has 0 unspecified atom stereocenters. The molecule has 1 aliphatic rings. The third-order valence-corrected chi connectivity index (χ3v) is 4.25. The van der Waals surface area contributed by atoms with Gasteiger partial charge < -0.3 is 0 Å². The molecule has 1 aliphatic heterocycles. The number of Topliss-reactive ketones (excluding diaryl/α,β-unsaturated/α-hetero) is 1. The molecule has 2 heterocycles. The van der Waals surface area contributed by atoms with Crippen LogP contribution in [0.1, 0.15) is 41.0 Å². The number of benzene rings is 1. The Morgan fingerprint density at radius 1 is 1.40 bits per heavy atom. The molecule has 20 heavy (non-hydrogen) atoms. The zero-order chi connectivity index (χ0) is 14.3. The molecule has 1 aromatic heterocycles. The summed E-state index contributed by atoms with van der Waals surface area (Å²) in [4.78, 5) is 19.4. The van der Waals surface area contributed by atoms with Crippen LogP contribution in [-0.4, -0.2) is 28.8 Å². The average molecular weight is 268 g/mol. The van der Waals surface area contributed by atoms with E-state index in [2.05, 4.69) is 24.8 Å². The van der Waals surface area contributed by atoms with Crippen molar-refractivity contribution in [3.8, 4) is 0 Å². The van der Waals surface area contributed by atoms with Gasteiger partial charge in [-0.3, -0.25) is 14.7 Å². The minimum Gasteiger partial charge on any atom is -0.299 e. The molecule has 3 nitrogen and oxygen atoms in total. The van der Waals surface area contributed by atoms with E-state index in [4.69, 9.17) is 4.98 Å². The van der Waals surface area contributed by atoms with Gasteiger partial charge in [0.1, 0.15) is 0 Å². The van der Waals surface area contributed by atoms with Gasteiger partial charge in [0.05, 0.1) is 5.52 Å². The number of pyridine rings is 1. The maximum absolute atomic E-state index is 12.2. The number of nitrogens with zero attached hydrogens (tertiary/aromatic N) is 2. The third kappa shape index (κ3) is 2.02. The summed E-state index contributed by atoms with van der Waals surface area (Å²) >= 11 is 0. The number of likely N-dealkylation sites (N-methyl/N-ethyl adjacent to an activating group) is 1. The van der Waals surface area contributed by atoms with Crippen LogP contribution in [0.15, 0.2) is 18.2 Å². The molecule has 0 atom stereocenters. The smallest absolute Gasteiger partial charge is 0.160 e. The lowest BCUT2D eigenvalue weighted by molar-refractivity contribution is 0.101. The number of para-hydroxylation sites is 1. The molecule has 0 amide bonds. The Morgan fingerprint density at radius 3 is 2.90 bits per heavy atom. The number of aryl methyl sites for hydroxylation is 1. The van der Waals surface area contributed by atoms with Crippen LogP contribution in [0.4, 0.5) is 0 Å². The molecule has 0 bridgehead atoms. The van der Waals surface area contributed by atoms with E-state index in [0.717, 1.165) is 59.3 Å². The van der Waals surface area contributed by atoms with E-state index in [1.54, 1.807) is 6.92 Å². The quantitative estimate of drug-likeness (QED) is 0.785. The van der Waals surface area contributed by atoms with Gasteiger partial charge in [0.15, 0.2) is 5.78 Å². The summed E-state index contributed by atoms with van der Waals surface area (Å²) in [7, 11) is 0. The molecule has 0 N–H and O–H groups in total. The molecule has 0 radical (unpaired) electrons. The fourth-order valence-electron chi connectivity index (χ4n) is 3.13. The number of hydrogen-bond acceptors (Lipinski definition) is 3. The van der Waals surface area contributed by atoms with Crippen molar-refractivity contribution < 1.29 is 4.79 Å². The molecule has 1 aromatic carbocycles. The molecular formula is C17H20N2O. The summed E-state index contributed by atoms with van der Waals surface area (Å²) in [6.07, 6.45) is 0.938. The molecule has 104 valence electrons.